The predicted molar refractivity (Wildman–Crippen MR) is 267 cm³/mol. The van der Waals surface area contributed by atoms with Gasteiger partial charge in [-0.25, -0.2) is 0 Å². The first-order chi connectivity index (χ1) is 30.1. The van der Waals surface area contributed by atoms with Gasteiger partial charge in [-0.2, -0.15) is 0 Å². The molecule has 0 aliphatic heterocycles. The van der Waals surface area contributed by atoms with E-state index in [0.29, 0.717) is 23.7 Å². The average Bonchev–Trinajstić information content (AvgIpc) is 3.28. The minimum absolute atomic E-state index is 0.182. The summed E-state index contributed by atoms with van der Waals surface area (Å²) in [6, 6.07) is 52.0. The van der Waals surface area contributed by atoms with Gasteiger partial charge in [0, 0.05) is 10.8 Å². The Kier molecular flexibility index (Phi) is 15.8. The van der Waals surface area contributed by atoms with Gasteiger partial charge in [-0.1, -0.05) is 180 Å². The molecule has 6 aromatic rings. The van der Waals surface area contributed by atoms with Gasteiger partial charge in [-0.15, -0.1) is 0 Å². The third-order valence-electron chi connectivity index (χ3n) is 13.8. The molecule has 332 valence electrons. The highest BCUT2D eigenvalue weighted by Crippen LogP contribution is 2.44. The summed E-state index contributed by atoms with van der Waals surface area (Å²) in [5.74, 6) is 5.00. The van der Waals surface area contributed by atoms with Crippen molar-refractivity contribution in [3.8, 4) is 23.0 Å². The first-order valence-corrected chi connectivity index (χ1v) is 23.7. The second-order valence-corrected chi connectivity index (χ2v) is 19.5. The van der Waals surface area contributed by atoms with E-state index >= 15 is 0 Å². The van der Waals surface area contributed by atoms with Crippen molar-refractivity contribution in [2.45, 2.75) is 155 Å². The summed E-state index contributed by atoms with van der Waals surface area (Å²) < 4.78 is 20.9. The molecule has 0 heterocycles. The fourth-order valence-electron chi connectivity index (χ4n) is 9.34. The molecule has 0 radical (unpaired) electrons. The van der Waals surface area contributed by atoms with E-state index in [0.717, 1.165) is 48.7 Å². The van der Waals surface area contributed by atoms with Gasteiger partial charge in [0.1, 0.15) is 23.0 Å². The van der Waals surface area contributed by atoms with E-state index < -0.39 is 0 Å². The van der Waals surface area contributed by atoms with Crippen molar-refractivity contribution < 1.29 is 14.2 Å². The molecule has 0 saturated heterocycles. The van der Waals surface area contributed by atoms with E-state index in [1.165, 1.54) is 44.5 Å². The smallest absolute Gasteiger partial charge is 0.127 e. The normalized spacial score (nSPS) is 14.7. The van der Waals surface area contributed by atoms with E-state index in [-0.39, 0.29) is 23.0 Å². The van der Waals surface area contributed by atoms with Crippen LogP contribution in [-0.2, 0) is 28.4 Å². The van der Waals surface area contributed by atoms with Gasteiger partial charge in [-0.05, 0) is 142 Å². The topological polar surface area (TPSA) is 27.7 Å². The summed E-state index contributed by atoms with van der Waals surface area (Å²) in [4.78, 5) is 0. The molecule has 6 aromatic carbocycles. The predicted octanol–water partition coefficient (Wildman–Crippen LogP) is 17.0. The summed E-state index contributed by atoms with van der Waals surface area (Å²) in [6.07, 6.45) is 2.89. The first-order valence-electron chi connectivity index (χ1n) is 23.7. The number of rotatable bonds is 20. The maximum atomic E-state index is 8.07. The number of hydrogen-bond acceptors (Lipinski definition) is 3. The molecule has 0 aliphatic carbocycles. The summed E-state index contributed by atoms with van der Waals surface area (Å²) in [5.41, 5.74) is 10.1. The zero-order chi connectivity index (χ0) is 45.3. The molecule has 0 saturated carbocycles. The molecule has 3 heteroatoms. The highest BCUT2D eigenvalue weighted by atomic mass is 16.5. The fraction of sp³-hybridized carbons (Fsp3) is 0.400. The Morgan fingerprint density at radius 3 is 1.06 bits per heavy atom. The van der Waals surface area contributed by atoms with E-state index in [9.17, 15) is 0 Å². The quantitative estimate of drug-likeness (QED) is 0.0766. The highest BCUT2D eigenvalue weighted by Gasteiger charge is 2.43. The Morgan fingerprint density at radius 2 is 0.730 bits per heavy atom. The van der Waals surface area contributed by atoms with Crippen molar-refractivity contribution in [3.05, 3.63) is 190 Å². The molecule has 0 amide bonds. The Bertz CT molecular complexity index is 2190. The van der Waals surface area contributed by atoms with Crippen LogP contribution in [0.2, 0.25) is 0 Å². The van der Waals surface area contributed by atoms with E-state index in [2.05, 4.69) is 168 Å². The van der Waals surface area contributed by atoms with Crippen LogP contribution in [-0.4, -0.2) is 12.2 Å². The van der Waals surface area contributed by atoms with Crippen molar-refractivity contribution in [2.75, 3.05) is 0 Å². The molecule has 63 heavy (non-hydrogen) atoms. The van der Waals surface area contributed by atoms with Crippen LogP contribution in [0.3, 0.4) is 0 Å². The van der Waals surface area contributed by atoms with Crippen molar-refractivity contribution in [3.63, 3.8) is 0 Å². The summed E-state index contributed by atoms with van der Waals surface area (Å²) in [5, 5.41) is 0. The Hall–Kier alpha value is -5.12. The monoisotopic (exact) mass is 843 g/mol. The molecule has 0 N–H and O–H groups in total. The first kappa shape index (κ1) is 47.4. The molecule has 4 atom stereocenters. The molecule has 0 aromatic heterocycles. The lowest BCUT2D eigenvalue weighted by Crippen LogP contribution is -2.48. The van der Waals surface area contributed by atoms with Crippen LogP contribution in [0.25, 0.3) is 0 Å². The van der Waals surface area contributed by atoms with Crippen molar-refractivity contribution in [1.29, 1.82) is 0 Å². The van der Waals surface area contributed by atoms with E-state index in [4.69, 9.17) is 14.2 Å². The SMILES string of the molecule is CCC(C)(c1ccc(C(C)C)c(C(C)C)c1)C(Cc1cccc(Oc2ccccc2)c1)OC(Cc1cccc(Oc2ccccc2)c1)C(C)(CC)c1ccc(C(C)C)c(C(C)C)c1. The van der Waals surface area contributed by atoms with Crippen molar-refractivity contribution in [1.82, 2.24) is 0 Å². The third-order valence-corrected chi connectivity index (χ3v) is 13.8. The number of hydrogen-bond donors (Lipinski definition) is 0. The van der Waals surface area contributed by atoms with Gasteiger partial charge in [0.2, 0.25) is 0 Å². The van der Waals surface area contributed by atoms with Crippen molar-refractivity contribution >= 4 is 0 Å². The van der Waals surface area contributed by atoms with Crippen LogP contribution in [0.4, 0.5) is 0 Å². The van der Waals surface area contributed by atoms with Crippen LogP contribution in [0.1, 0.15) is 164 Å². The molecule has 0 aliphatic rings. The van der Waals surface area contributed by atoms with E-state index in [1.807, 2.05) is 60.7 Å². The lowest BCUT2D eigenvalue weighted by atomic mass is 9.69. The second-order valence-electron chi connectivity index (χ2n) is 19.5. The zero-order valence-corrected chi connectivity index (χ0v) is 40.4. The van der Waals surface area contributed by atoms with Crippen LogP contribution < -0.4 is 9.47 Å². The van der Waals surface area contributed by atoms with Gasteiger partial charge in [0.05, 0.1) is 12.2 Å². The van der Waals surface area contributed by atoms with Gasteiger partial charge < -0.3 is 14.2 Å². The fourth-order valence-corrected chi connectivity index (χ4v) is 9.34. The number of para-hydroxylation sites is 2. The molecule has 6 rings (SSSR count). The zero-order valence-electron chi connectivity index (χ0n) is 40.4. The maximum Gasteiger partial charge on any atom is 0.127 e. The lowest BCUT2D eigenvalue weighted by Gasteiger charge is -2.45. The molecule has 0 spiro atoms. The van der Waals surface area contributed by atoms with Gasteiger partial charge in [0.15, 0.2) is 0 Å². The standard InChI is InChI=1S/C60H74O3/c1-13-59(11,47-31-33-53(41(3)4)55(39-47)43(7)8)57(37-45-23-21-29-51(35-45)61-49-25-17-15-18-26-49)63-58(38-46-24-22-30-52(36-46)62-50-27-19-16-20-28-50)60(12,14-2)48-32-34-54(42(5)6)56(40-48)44(9)10/h15-36,39-44,57-58H,13-14,37-38H2,1-12H3. The molecular formula is C60H74O3. The van der Waals surface area contributed by atoms with Crippen LogP contribution in [0.15, 0.2) is 146 Å². The van der Waals surface area contributed by atoms with Crippen molar-refractivity contribution in [2.24, 2.45) is 0 Å². The molecule has 0 fully saturated rings. The Labute approximate surface area is 381 Å². The molecule has 3 nitrogen and oxygen atoms in total. The summed E-state index contributed by atoms with van der Waals surface area (Å²) in [6.45, 7) is 28.1. The molecule has 4 unspecified atom stereocenters. The summed E-state index contributed by atoms with van der Waals surface area (Å²) in [7, 11) is 0. The second kappa shape index (κ2) is 21.0. The molecule has 0 bridgehead atoms. The van der Waals surface area contributed by atoms with E-state index in [1.54, 1.807) is 0 Å². The van der Waals surface area contributed by atoms with Crippen LogP contribution >= 0.6 is 0 Å². The maximum absolute atomic E-state index is 8.07. The van der Waals surface area contributed by atoms with Gasteiger partial charge >= 0.3 is 0 Å². The number of ether oxygens (including phenoxy) is 3. The minimum Gasteiger partial charge on any atom is -0.457 e. The Balaban J connectivity index is 1.52. The number of benzene rings is 6. The van der Waals surface area contributed by atoms with Crippen LogP contribution in [0.5, 0.6) is 23.0 Å². The lowest BCUT2D eigenvalue weighted by molar-refractivity contribution is -0.0840. The van der Waals surface area contributed by atoms with Gasteiger partial charge in [-0.3, -0.25) is 0 Å². The van der Waals surface area contributed by atoms with Crippen LogP contribution in [0, 0.1) is 0 Å². The molecular weight excluding hydrogens is 769 g/mol. The average molecular weight is 843 g/mol. The largest absolute Gasteiger partial charge is 0.457 e. The minimum atomic E-state index is -0.328. The third kappa shape index (κ3) is 11.3. The highest BCUT2D eigenvalue weighted by molar-refractivity contribution is 5.43. The van der Waals surface area contributed by atoms with Gasteiger partial charge in [0.25, 0.3) is 0 Å². The Morgan fingerprint density at radius 1 is 0.381 bits per heavy atom. The summed E-state index contributed by atoms with van der Waals surface area (Å²) >= 11 is 0.